The summed E-state index contributed by atoms with van der Waals surface area (Å²) in [6, 6.07) is 4.80. The van der Waals surface area contributed by atoms with Crippen molar-refractivity contribution in [1.82, 2.24) is 4.72 Å². The van der Waals surface area contributed by atoms with Gasteiger partial charge in [0.1, 0.15) is 0 Å². The molecule has 0 saturated heterocycles. The van der Waals surface area contributed by atoms with Gasteiger partial charge in [-0.15, -0.1) is 0 Å². The predicted molar refractivity (Wildman–Crippen MR) is 82.7 cm³/mol. The minimum absolute atomic E-state index is 0.286. The van der Waals surface area contributed by atoms with Crippen LogP contribution in [0.2, 0.25) is 0 Å². The van der Waals surface area contributed by atoms with E-state index in [4.69, 9.17) is 10.5 Å². The summed E-state index contributed by atoms with van der Waals surface area (Å²) in [6.45, 7) is 3.75. The molecule has 21 heavy (non-hydrogen) atoms. The lowest BCUT2D eigenvalue weighted by Gasteiger charge is -2.26. The Kier molecular flexibility index (Phi) is 5.19. The zero-order valence-electron chi connectivity index (χ0n) is 12.6. The van der Waals surface area contributed by atoms with Gasteiger partial charge in [0.25, 0.3) is 0 Å². The van der Waals surface area contributed by atoms with Crippen molar-refractivity contribution in [2.24, 2.45) is 0 Å². The van der Waals surface area contributed by atoms with Gasteiger partial charge in [0.15, 0.2) is 0 Å². The first-order valence-electron chi connectivity index (χ1n) is 6.25. The number of nitrogens with two attached hydrogens (primary N) is 1. The molecular weight excluding hydrogens is 294 g/mol. The molecule has 0 heterocycles. The fourth-order valence-corrected chi connectivity index (χ4v) is 2.92. The molecule has 0 fully saturated rings. The maximum Gasteiger partial charge on any atom is 0.340 e. The summed E-state index contributed by atoms with van der Waals surface area (Å²) in [5.41, 5.74) is 6.20. The number of anilines is 2. The third-order valence-corrected chi connectivity index (χ3v) is 3.55. The first-order chi connectivity index (χ1) is 9.54. The third-order valence-electron chi connectivity index (χ3n) is 2.63. The van der Waals surface area contributed by atoms with E-state index in [0.717, 1.165) is 6.26 Å². The van der Waals surface area contributed by atoms with Crippen LogP contribution in [0, 0.1) is 0 Å². The van der Waals surface area contributed by atoms with E-state index in [0.29, 0.717) is 16.9 Å². The highest BCUT2D eigenvalue weighted by Gasteiger charge is 2.23. The first-order valence-corrected chi connectivity index (χ1v) is 8.14. The number of nitrogens with one attached hydrogen (secondary N) is 2. The smallest absolute Gasteiger partial charge is 0.340 e. The molecule has 1 aromatic rings. The summed E-state index contributed by atoms with van der Waals surface area (Å²) >= 11 is 0. The number of carbonyl (C=O) groups excluding carboxylic acids is 1. The molecule has 0 unspecified atom stereocenters. The van der Waals surface area contributed by atoms with Crippen LogP contribution in [-0.2, 0) is 14.8 Å². The van der Waals surface area contributed by atoms with Crippen molar-refractivity contribution in [3.63, 3.8) is 0 Å². The van der Waals surface area contributed by atoms with Gasteiger partial charge in [-0.2, -0.15) is 0 Å². The number of rotatable bonds is 6. The lowest BCUT2D eigenvalue weighted by Crippen LogP contribution is -2.47. The molecule has 0 bridgehead atoms. The van der Waals surface area contributed by atoms with Crippen molar-refractivity contribution in [2.75, 3.05) is 31.0 Å². The van der Waals surface area contributed by atoms with Gasteiger partial charge in [-0.1, -0.05) is 0 Å². The molecule has 0 radical (unpaired) electrons. The molecule has 118 valence electrons. The molecule has 4 N–H and O–H groups in total. The highest BCUT2D eigenvalue weighted by molar-refractivity contribution is 7.88. The van der Waals surface area contributed by atoms with Gasteiger partial charge in [0.2, 0.25) is 10.0 Å². The number of hydrogen-bond donors (Lipinski definition) is 3. The van der Waals surface area contributed by atoms with Crippen molar-refractivity contribution in [3.05, 3.63) is 23.8 Å². The highest BCUT2D eigenvalue weighted by Crippen LogP contribution is 2.20. The van der Waals surface area contributed by atoms with E-state index >= 15 is 0 Å². The fraction of sp³-hybridized carbons (Fsp3) is 0.462. The van der Waals surface area contributed by atoms with E-state index in [1.165, 1.54) is 13.2 Å². The molecule has 0 aromatic heterocycles. The number of nitrogen functional groups attached to an aromatic ring is 1. The second-order valence-corrected chi connectivity index (χ2v) is 7.16. The van der Waals surface area contributed by atoms with E-state index < -0.39 is 21.5 Å². The van der Waals surface area contributed by atoms with Crippen molar-refractivity contribution in [3.8, 4) is 0 Å². The summed E-state index contributed by atoms with van der Waals surface area (Å²) in [7, 11) is -2.04. The molecule has 1 rings (SSSR count). The average molecular weight is 315 g/mol. The molecule has 0 aliphatic carbocycles. The summed E-state index contributed by atoms with van der Waals surface area (Å²) in [4.78, 5) is 11.7. The maximum absolute atomic E-state index is 11.7. The molecule has 0 saturated carbocycles. The SMILES string of the molecule is COC(=O)c1cc(N)ccc1NCC(C)(C)NS(C)(=O)=O. The largest absolute Gasteiger partial charge is 0.465 e. The molecule has 0 aliphatic heterocycles. The maximum atomic E-state index is 11.7. The van der Waals surface area contributed by atoms with Crippen molar-refractivity contribution in [2.45, 2.75) is 19.4 Å². The molecule has 7 nitrogen and oxygen atoms in total. The molecule has 0 spiro atoms. The Hall–Kier alpha value is -1.80. The van der Waals surface area contributed by atoms with Crippen LogP contribution in [0.15, 0.2) is 18.2 Å². The highest BCUT2D eigenvalue weighted by atomic mass is 32.2. The number of methoxy groups -OCH3 is 1. The minimum atomic E-state index is -3.33. The van der Waals surface area contributed by atoms with Gasteiger partial charge in [-0.25, -0.2) is 17.9 Å². The number of carbonyl (C=O) groups is 1. The zero-order valence-corrected chi connectivity index (χ0v) is 13.4. The lowest BCUT2D eigenvalue weighted by molar-refractivity contribution is 0.0602. The summed E-state index contributed by atoms with van der Waals surface area (Å²) < 4.78 is 29.8. The minimum Gasteiger partial charge on any atom is -0.465 e. The van der Waals surface area contributed by atoms with E-state index in [1.54, 1.807) is 26.0 Å². The third kappa shape index (κ3) is 5.60. The Morgan fingerprint density at radius 1 is 1.38 bits per heavy atom. The van der Waals surface area contributed by atoms with Crippen molar-refractivity contribution >= 4 is 27.4 Å². The van der Waals surface area contributed by atoms with Crippen LogP contribution in [0.3, 0.4) is 0 Å². The van der Waals surface area contributed by atoms with Gasteiger partial charge in [0.05, 0.1) is 18.9 Å². The van der Waals surface area contributed by atoms with Gasteiger partial charge in [0, 0.05) is 23.5 Å². The number of ether oxygens (including phenoxy) is 1. The van der Waals surface area contributed by atoms with Gasteiger partial charge < -0.3 is 15.8 Å². The zero-order chi connectivity index (χ0) is 16.3. The Balaban J connectivity index is 2.91. The van der Waals surface area contributed by atoms with Crippen LogP contribution < -0.4 is 15.8 Å². The molecule has 1 aromatic carbocycles. The Morgan fingerprint density at radius 3 is 2.52 bits per heavy atom. The molecule has 0 aliphatic rings. The molecule has 0 atom stereocenters. The van der Waals surface area contributed by atoms with Gasteiger partial charge in [-0.3, -0.25) is 0 Å². The van der Waals surface area contributed by atoms with Crippen LogP contribution in [-0.4, -0.2) is 39.8 Å². The number of benzene rings is 1. The van der Waals surface area contributed by atoms with Crippen molar-refractivity contribution < 1.29 is 17.9 Å². The Labute approximate surface area is 124 Å². The number of hydrogen-bond acceptors (Lipinski definition) is 6. The summed E-state index contributed by atoms with van der Waals surface area (Å²) in [6.07, 6.45) is 1.10. The van der Waals surface area contributed by atoms with E-state index in [-0.39, 0.29) is 6.54 Å². The van der Waals surface area contributed by atoms with Crippen LogP contribution >= 0.6 is 0 Å². The fourth-order valence-electron chi connectivity index (χ4n) is 1.85. The predicted octanol–water partition coefficient (Wildman–Crippen LogP) is 0.795. The number of esters is 1. The van der Waals surface area contributed by atoms with Gasteiger partial charge >= 0.3 is 5.97 Å². The number of sulfonamides is 1. The second-order valence-electron chi connectivity index (χ2n) is 5.41. The summed E-state index contributed by atoms with van der Waals surface area (Å²) in [5.74, 6) is -0.515. The molecular formula is C13H21N3O4S. The van der Waals surface area contributed by atoms with E-state index in [9.17, 15) is 13.2 Å². The van der Waals surface area contributed by atoms with Crippen molar-refractivity contribution in [1.29, 1.82) is 0 Å². The lowest BCUT2D eigenvalue weighted by atomic mass is 10.1. The van der Waals surface area contributed by atoms with E-state index in [2.05, 4.69) is 10.0 Å². The van der Waals surface area contributed by atoms with E-state index in [1.807, 2.05) is 0 Å². The average Bonchev–Trinajstić information content (AvgIpc) is 2.33. The van der Waals surface area contributed by atoms with Crippen LogP contribution in [0.25, 0.3) is 0 Å². The van der Waals surface area contributed by atoms with Crippen LogP contribution in [0.1, 0.15) is 24.2 Å². The monoisotopic (exact) mass is 315 g/mol. The molecule has 0 amide bonds. The second kappa shape index (κ2) is 6.31. The van der Waals surface area contributed by atoms with Crippen LogP contribution in [0.5, 0.6) is 0 Å². The summed E-state index contributed by atoms with van der Waals surface area (Å²) in [5, 5.41) is 3.04. The Morgan fingerprint density at radius 2 is 2.00 bits per heavy atom. The Bertz CT molecular complexity index is 626. The van der Waals surface area contributed by atoms with Crippen LogP contribution in [0.4, 0.5) is 11.4 Å². The molecule has 8 heteroatoms. The standard InChI is InChI=1S/C13H21N3O4S/c1-13(2,16-21(4,18)19)8-15-11-6-5-9(14)7-10(11)12(17)20-3/h5-7,15-16H,8,14H2,1-4H3. The quantitative estimate of drug-likeness (QED) is 0.529. The van der Waals surface area contributed by atoms with Gasteiger partial charge in [-0.05, 0) is 32.0 Å². The first kappa shape index (κ1) is 17.3. The normalized spacial score (nSPS) is 12.0. The topological polar surface area (TPSA) is 111 Å².